The molecule has 1 aliphatic carbocycles. The van der Waals surface area contributed by atoms with Crippen molar-refractivity contribution in [1.29, 1.82) is 0 Å². The summed E-state index contributed by atoms with van der Waals surface area (Å²) in [6.07, 6.45) is 3.06. The van der Waals surface area contributed by atoms with Crippen LogP contribution in [0.3, 0.4) is 0 Å². The molecule has 2 aliphatic rings. The second-order valence-corrected chi connectivity index (χ2v) is 10.7. The van der Waals surface area contributed by atoms with Gasteiger partial charge in [0.15, 0.2) is 0 Å². The average Bonchev–Trinajstić information content (AvgIpc) is 3.36. The number of anilines is 1. The van der Waals surface area contributed by atoms with Crippen LogP contribution in [0.4, 0.5) is 10.1 Å². The highest BCUT2D eigenvalue weighted by atomic mass is 32.2. The fourth-order valence-corrected chi connectivity index (χ4v) is 6.07. The van der Waals surface area contributed by atoms with Crippen molar-refractivity contribution in [2.45, 2.75) is 24.7 Å². The quantitative estimate of drug-likeness (QED) is 0.319. The number of halogens is 1. The summed E-state index contributed by atoms with van der Waals surface area (Å²) in [5.74, 6) is 0.799. The second-order valence-electron chi connectivity index (χ2n) is 9.65. The van der Waals surface area contributed by atoms with E-state index in [0.717, 1.165) is 44.8 Å². The number of fused-ring (bicyclic) bond motifs is 1. The molecule has 38 heavy (non-hydrogen) atoms. The van der Waals surface area contributed by atoms with Crippen molar-refractivity contribution in [2.24, 2.45) is 0 Å². The Kier molecular flexibility index (Phi) is 7.16. The molecule has 3 aromatic carbocycles. The van der Waals surface area contributed by atoms with E-state index in [1.807, 2.05) is 30.1 Å². The van der Waals surface area contributed by atoms with E-state index in [4.69, 9.17) is 4.74 Å². The van der Waals surface area contributed by atoms with Crippen molar-refractivity contribution in [2.75, 3.05) is 31.1 Å². The van der Waals surface area contributed by atoms with Gasteiger partial charge in [-0.2, -0.15) is 9.78 Å². The molecular formula is C30H29FN4O2S. The molecule has 0 amide bonds. The molecule has 0 atom stereocenters. The molecule has 0 N–H and O–H groups in total. The zero-order valence-electron chi connectivity index (χ0n) is 21.0. The number of ether oxygens (including phenoxy) is 1. The molecule has 4 aromatic rings. The number of rotatable bonds is 7. The Balaban J connectivity index is 1.23. The average molecular weight is 529 g/mol. The largest absolute Gasteiger partial charge is 0.482 e. The SMILES string of the molecule is O=c1c(OC2Cc3ccccc3C2)c(N2CCN(SCc3ccccc3)CC2)cnn1-c1cccc(F)c1. The minimum absolute atomic E-state index is 0.134. The third kappa shape index (κ3) is 5.33. The van der Waals surface area contributed by atoms with Crippen LogP contribution in [0.15, 0.2) is 89.9 Å². The predicted molar refractivity (Wildman–Crippen MR) is 150 cm³/mol. The van der Waals surface area contributed by atoms with Crippen LogP contribution < -0.4 is 15.2 Å². The van der Waals surface area contributed by atoms with Gasteiger partial charge < -0.3 is 9.64 Å². The highest BCUT2D eigenvalue weighted by Gasteiger charge is 2.28. The lowest BCUT2D eigenvalue weighted by Gasteiger charge is -2.36. The molecule has 0 bridgehead atoms. The summed E-state index contributed by atoms with van der Waals surface area (Å²) >= 11 is 1.83. The first-order chi connectivity index (χ1) is 18.6. The first kappa shape index (κ1) is 24.7. The van der Waals surface area contributed by atoms with Gasteiger partial charge in [-0.05, 0) is 34.9 Å². The summed E-state index contributed by atoms with van der Waals surface area (Å²) < 4.78 is 24.0. The van der Waals surface area contributed by atoms with Gasteiger partial charge in [0.05, 0.1) is 11.9 Å². The van der Waals surface area contributed by atoms with Gasteiger partial charge in [0, 0.05) is 44.8 Å². The van der Waals surface area contributed by atoms with Gasteiger partial charge >= 0.3 is 5.56 Å². The summed E-state index contributed by atoms with van der Waals surface area (Å²) in [5, 5.41) is 4.43. The molecular weight excluding hydrogens is 499 g/mol. The van der Waals surface area contributed by atoms with E-state index in [1.165, 1.54) is 33.5 Å². The third-order valence-corrected chi connectivity index (χ3v) is 8.29. The van der Waals surface area contributed by atoms with Gasteiger partial charge in [-0.3, -0.25) is 4.79 Å². The summed E-state index contributed by atoms with van der Waals surface area (Å²) in [5.41, 5.74) is 4.52. The van der Waals surface area contributed by atoms with Gasteiger partial charge in [-0.15, -0.1) is 0 Å². The van der Waals surface area contributed by atoms with Crippen LogP contribution in [0.2, 0.25) is 0 Å². The maximum Gasteiger partial charge on any atom is 0.316 e. The molecule has 1 saturated heterocycles. The Morgan fingerprint density at radius 2 is 1.61 bits per heavy atom. The van der Waals surface area contributed by atoms with Crippen LogP contribution in [0.1, 0.15) is 16.7 Å². The van der Waals surface area contributed by atoms with E-state index in [2.05, 4.69) is 50.7 Å². The van der Waals surface area contributed by atoms with Gasteiger partial charge in [0.2, 0.25) is 5.75 Å². The van der Waals surface area contributed by atoms with Crippen LogP contribution in [-0.2, 0) is 18.6 Å². The molecule has 6 nitrogen and oxygen atoms in total. The molecule has 194 valence electrons. The van der Waals surface area contributed by atoms with Crippen LogP contribution in [0.25, 0.3) is 5.69 Å². The number of hydrogen-bond donors (Lipinski definition) is 0. The highest BCUT2D eigenvalue weighted by Crippen LogP contribution is 2.31. The first-order valence-corrected chi connectivity index (χ1v) is 13.9. The standard InChI is InChI=1S/C30H29FN4O2S/c31-25-11-6-12-26(19-25)35-30(36)29(37-27-17-23-9-4-5-10-24(23)18-27)28(20-32-35)33-13-15-34(16-14-33)38-21-22-7-2-1-3-8-22/h1-12,19-20,27H,13-18,21H2. The number of benzene rings is 3. The highest BCUT2D eigenvalue weighted by molar-refractivity contribution is 7.96. The van der Waals surface area contributed by atoms with Crippen molar-refractivity contribution in [3.63, 3.8) is 0 Å². The Bertz CT molecular complexity index is 1450. The molecule has 0 saturated carbocycles. The second kappa shape index (κ2) is 11.0. The first-order valence-electron chi connectivity index (χ1n) is 12.9. The van der Waals surface area contributed by atoms with Crippen LogP contribution in [0.5, 0.6) is 5.75 Å². The van der Waals surface area contributed by atoms with Crippen LogP contribution >= 0.6 is 11.9 Å². The number of piperazine rings is 1. The Morgan fingerprint density at radius 1 is 0.895 bits per heavy atom. The smallest absolute Gasteiger partial charge is 0.316 e. The normalized spacial score (nSPS) is 16.0. The fourth-order valence-electron chi connectivity index (χ4n) is 5.12. The molecule has 6 rings (SSSR count). The minimum atomic E-state index is -0.418. The van der Waals surface area contributed by atoms with Crippen molar-refractivity contribution < 1.29 is 9.13 Å². The predicted octanol–water partition coefficient (Wildman–Crippen LogP) is 4.89. The lowest BCUT2D eigenvalue weighted by Crippen LogP contribution is -2.44. The third-order valence-electron chi connectivity index (χ3n) is 7.10. The van der Waals surface area contributed by atoms with E-state index in [-0.39, 0.29) is 17.4 Å². The molecule has 0 spiro atoms. The zero-order chi connectivity index (χ0) is 25.9. The molecule has 1 aromatic heterocycles. The molecule has 8 heteroatoms. The lowest BCUT2D eigenvalue weighted by molar-refractivity contribution is 0.209. The van der Waals surface area contributed by atoms with Crippen LogP contribution in [-0.4, -0.2) is 46.4 Å². The Labute approximate surface area is 225 Å². The van der Waals surface area contributed by atoms with E-state index >= 15 is 0 Å². The number of hydrogen-bond acceptors (Lipinski definition) is 6. The summed E-state index contributed by atoms with van der Waals surface area (Å²) in [6, 6.07) is 24.7. The van der Waals surface area contributed by atoms with Gasteiger partial charge in [-0.25, -0.2) is 8.70 Å². The number of aromatic nitrogens is 2. The lowest BCUT2D eigenvalue weighted by atomic mass is 10.1. The van der Waals surface area contributed by atoms with Crippen molar-refractivity contribution in [1.82, 2.24) is 14.1 Å². The summed E-state index contributed by atoms with van der Waals surface area (Å²) in [4.78, 5) is 15.9. The van der Waals surface area contributed by atoms with Crippen molar-refractivity contribution >= 4 is 17.6 Å². The Morgan fingerprint density at radius 3 is 2.32 bits per heavy atom. The summed E-state index contributed by atoms with van der Waals surface area (Å²) in [7, 11) is 0. The topological polar surface area (TPSA) is 50.6 Å². The van der Waals surface area contributed by atoms with E-state index in [1.54, 1.807) is 18.3 Å². The minimum Gasteiger partial charge on any atom is -0.482 e. The van der Waals surface area contributed by atoms with E-state index in [9.17, 15) is 9.18 Å². The van der Waals surface area contributed by atoms with Crippen molar-refractivity contribution in [3.8, 4) is 11.4 Å². The monoisotopic (exact) mass is 528 g/mol. The molecule has 0 radical (unpaired) electrons. The van der Waals surface area contributed by atoms with Gasteiger partial charge in [0.1, 0.15) is 17.6 Å². The molecule has 2 heterocycles. The Hall–Kier alpha value is -3.62. The molecule has 0 unspecified atom stereocenters. The van der Waals surface area contributed by atoms with E-state index < -0.39 is 5.82 Å². The maximum atomic E-state index is 14.0. The molecule has 1 aliphatic heterocycles. The van der Waals surface area contributed by atoms with Crippen LogP contribution in [0, 0.1) is 5.82 Å². The van der Waals surface area contributed by atoms with Gasteiger partial charge in [-0.1, -0.05) is 72.6 Å². The number of nitrogens with zero attached hydrogens (tertiary/aromatic N) is 4. The van der Waals surface area contributed by atoms with Gasteiger partial charge in [0.25, 0.3) is 0 Å². The summed E-state index contributed by atoms with van der Waals surface area (Å²) in [6.45, 7) is 3.24. The fraction of sp³-hybridized carbons (Fsp3) is 0.267. The zero-order valence-corrected chi connectivity index (χ0v) is 21.8. The molecule has 1 fully saturated rings. The van der Waals surface area contributed by atoms with Crippen molar-refractivity contribution in [3.05, 3.63) is 118 Å². The van der Waals surface area contributed by atoms with E-state index in [0.29, 0.717) is 11.4 Å². The maximum absolute atomic E-state index is 14.0.